The number of fused-ring (bicyclic) bond motifs is 1. The van der Waals surface area contributed by atoms with Crippen molar-refractivity contribution in [3.05, 3.63) is 44.7 Å². The highest BCUT2D eigenvalue weighted by molar-refractivity contribution is 14.1. The van der Waals surface area contributed by atoms with Gasteiger partial charge in [0.1, 0.15) is 0 Å². The molecule has 21 heavy (non-hydrogen) atoms. The van der Waals surface area contributed by atoms with Crippen LogP contribution in [0.25, 0.3) is 16.7 Å². The highest BCUT2D eigenvalue weighted by atomic mass is 127. The summed E-state index contributed by atoms with van der Waals surface area (Å²) < 4.78 is 14.4. The fourth-order valence-electron chi connectivity index (χ4n) is 2.30. The second-order valence-electron chi connectivity index (χ2n) is 4.47. The van der Waals surface area contributed by atoms with E-state index < -0.39 is 0 Å². The molecule has 0 atom stereocenters. The van der Waals surface area contributed by atoms with Crippen molar-refractivity contribution in [1.82, 2.24) is 9.55 Å². The molecule has 1 N–H and O–H groups in total. The van der Waals surface area contributed by atoms with Gasteiger partial charge in [-0.15, -0.1) is 0 Å². The van der Waals surface area contributed by atoms with E-state index in [9.17, 15) is 0 Å². The van der Waals surface area contributed by atoms with E-state index in [1.807, 2.05) is 22.8 Å². The van der Waals surface area contributed by atoms with Crippen molar-refractivity contribution in [3.8, 4) is 17.2 Å². The summed E-state index contributed by atoms with van der Waals surface area (Å²) >= 11 is 7.74. The van der Waals surface area contributed by atoms with Gasteiger partial charge in [0.2, 0.25) is 0 Å². The molecule has 0 bridgehead atoms. The van der Waals surface area contributed by atoms with Crippen LogP contribution in [0.3, 0.4) is 0 Å². The lowest BCUT2D eigenvalue weighted by Crippen LogP contribution is -1.97. The number of ether oxygens (including phenoxy) is 2. The summed E-state index contributed by atoms with van der Waals surface area (Å²) in [5.41, 5.74) is 2.99. The minimum Gasteiger partial charge on any atom is -0.493 e. The number of imidazole rings is 1. The largest absolute Gasteiger partial charge is 0.493 e. The standard InChI is InChI=1S/C15H13IN2O2S/c1-19-13-6-4-10(8-14(13)20-2)18-12-5-3-9(16)7-11(12)17-15(18)21/h3-8H,1-2H3,(H,17,21). The van der Waals surface area contributed by atoms with Crippen LogP contribution >= 0.6 is 34.8 Å². The van der Waals surface area contributed by atoms with Gasteiger partial charge in [-0.1, -0.05) is 0 Å². The number of nitrogens with one attached hydrogen (secondary N) is 1. The normalized spacial score (nSPS) is 10.8. The maximum absolute atomic E-state index is 5.45. The van der Waals surface area contributed by atoms with Crippen LogP contribution in [0.4, 0.5) is 0 Å². The highest BCUT2D eigenvalue weighted by Crippen LogP contribution is 2.31. The van der Waals surface area contributed by atoms with Crippen LogP contribution in [0.5, 0.6) is 11.5 Å². The van der Waals surface area contributed by atoms with Crippen LogP contribution in [-0.4, -0.2) is 23.8 Å². The third kappa shape index (κ3) is 2.53. The summed E-state index contributed by atoms with van der Waals surface area (Å²) in [6, 6.07) is 11.9. The first kappa shape index (κ1) is 14.4. The van der Waals surface area contributed by atoms with Gasteiger partial charge in [0.15, 0.2) is 16.3 Å². The van der Waals surface area contributed by atoms with Gasteiger partial charge in [-0.05, 0) is 65.1 Å². The average Bonchev–Trinajstić information content (AvgIpc) is 2.81. The van der Waals surface area contributed by atoms with Gasteiger partial charge in [0.05, 0.1) is 30.9 Å². The Morgan fingerprint density at radius 1 is 1.05 bits per heavy atom. The fourth-order valence-corrected chi connectivity index (χ4v) is 3.11. The number of aromatic nitrogens is 2. The van der Waals surface area contributed by atoms with Gasteiger partial charge in [-0.25, -0.2) is 0 Å². The van der Waals surface area contributed by atoms with E-state index >= 15 is 0 Å². The second-order valence-corrected chi connectivity index (χ2v) is 6.10. The number of halogens is 1. The SMILES string of the molecule is COc1ccc(-n2c(=S)[nH]c3cc(I)ccc32)cc1OC. The molecule has 0 fully saturated rings. The number of rotatable bonds is 3. The second kappa shape index (κ2) is 5.69. The first-order chi connectivity index (χ1) is 10.1. The van der Waals surface area contributed by atoms with E-state index in [-0.39, 0.29) is 0 Å². The van der Waals surface area contributed by atoms with E-state index in [2.05, 4.69) is 45.8 Å². The number of benzene rings is 2. The zero-order valence-corrected chi connectivity index (χ0v) is 14.5. The number of hydrogen-bond donors (Lipinski definition) is 1. The predicted octanol–water partition coefficient (Wildman–Crippen LogP) is 4.31. The Balaban J connectivity index is 2.25. The molecule has 4 nitrogen and oxygen atoms in total. The van der Waals surface area contributed by atoms with E-state index in [1.54, 1.807) is 14.2 Å². The molecule has 2 aromatic carbocycles. The Kier molecular flexibility index (Phi) is 3.90. The lowest BCUT2D eigenvalue weighted by molar-refractivity contribution is 0.355. The predicted molar refractivity (Wildman–Crippen MR) is 94.3 cm³/mol. The molecule has 108 valence electrons. The Bertz CT molecular complexity index is 870. The molecule has 0 radical (unpaired) electrons. The Labute approximate surface area is 140 Å². The first-order valence-electron chi connectivity index (χ1n) is 6.26. The maximum Gasteiger partial charge on any atom is 0.182 e. The number of H-pyrrole nitrogens is 1. The van der Waals surface area contributed by atoms with Crippen LogP contribution in [0, 0.1) is 8.34 Å². The van der Waals surface area contributed by atoms with Crippen LogP contribution in [0.2, 0.25) is 0 Å². The number of hydrogen-bond acceptors (Lipinski definition) is 3. The molecular weight excluding hydrogens is 399 g/mol. The molecule has 0 saturated heterocycles. The minimum atomic E-state index is 0.652. The van der Waals surface area contributed by atoms with Crippen molar-refractivity contribution >= 4 is 45.8 Å². The molecule has 0 unspecified atom stereocenters. The lowest BCUT2D eigenvalue weighted by atomic mass is 10.2. The number of nitrogens with zero attached hydrogens (tertiary/aromatic N) is 1. The molecule has 3 rings (SSSR count). The maximum atomic E-state index is 5.45. The highest BCUT2D eigenvalue weighted by Gasteiger charge is 2.10. The molecule has 0 aliphatic carbocycles. The summed E-state index contributed by atoms with van der Waals surface area (Å²) in [7, 11) is 3.25. The van der Waals surface area contributed by atoms with Crippen molar-refractivity contribution in [1.29, 1.82) is 0 Å². The Morgan fingerprint density at radius 3 is 2.52 bits per heavy atom. The molecule has 1 heterocycles. The van der Waals surface area contributed by atoms with Gasteiger partial charge in [0, 0.05) is 9.64 Å². The van der Waals surface area contributed by atoms with Crippen molar-refractivity contribution in [3.63, 3.8) is 0 Å². The summed E-state index contributed by atoms with van der Waals surface area (Å²) in [4.78, 5) is 3.23. The zero-order valence-electron chi connectivity index (χ0n) is 11.5. The molecule has 6 heteroatoms. The van der Waals surface area contributed by atoms with Gasteiger partial charge in [0.25, 0.3) is 0 Å². The third-order valence-electron chi connectivity index (χ3n) is 3.27. The average molecular weight is 412 g/mol. The summed E-state index contributed by atoms with van der Waals surface area (Å²) in [5, 5.41) is 0. The fraction of sp³-hybridized carbons (Fsp3) is 0.133. The molecule has 0 saturated carbocycles. The van der Waals surface area contributed by atoms with Crippen LogP contribution in [-0.2, 0) is 0 Å². The first-order valence-corrected chi connectivity index (χ1v) is 7.75. The molecule has 3 aromatic rings. The molecule has 0 spiro atoms. The van der Waals surface area contributed by atoms with Crippen molar-refractivity contribution in [2.45, 2.75) is 0 Å². The van der Waals surface area contributed by atoms with Gasteiger partial charge in [-0.2, -0.15) is 0 Å². The van der Waals surface area contributed by atoms with Crippen molar-refractivity contribution < 1.29 is 9.47 Å². The van der Waals surface area contributed by atoms with Crippen molar-refractivity contribution in [2.24, 2.45) is 0 Å². The van der Waals surface area contributed by atoms with Gasteiger partial charge in [-0.3, -0.25) is 4.57 Å². The summed E-state index contributed by atoms with van der Waals surface area (Å²) in [6.07, 6.45) is 0. The molecular formula is C15H13IN2O2S. The van der Waals surface area contributed by atoms with Gasteiger partial charge < -0.3 is 14.5 Å². The summed E-state index contributed by atoms with van der Waals surface area (Å²) in [5.74, 6) is 1.37. The zero-order chi connectivity index (χ0) is 15.0. The number of aromatic amines is 1. The van der Waals surface area contributed by atoms with Crippen LogP contribution in [0.15, 0.2) is 36.4 Å². The van der Waals surface area contributed by atoms with Crippen LogP contribution in [0.1, 0.15) is 0 Å². The Hall–Kier alpha value is -1.54. The molecule has 0 amide bonds. The topological polar surface area (TPSA) is 39.2 Å². The quantitative estimate of drug-likeness (QED) is 0.515. The van der Waals surface area contributed by atoms with E-state index in [4.69, 9.17) is 21.7 Å². The molecule has 0 aliphatic heterocycles. The van der Waals surface area contributed by atoms with Gasteiger partial charge >= 0.3 is 0 Å². The summed E-state index contributed by atoms with van der Waals surface area (Å²) in [6.45, 7) is 0. The van der Waals surface area contributed by atoms with E-state index in [1.165, 1.54) is 0 Å². The third-order valence-corrected chi connectivity index (χ3v) is 4.23. The minimum absolute atomic E-state index is 0.652. The van der Waals surface area contributed by atoms with Crippen LogP contribution < -0.4 is 9.47 Å². The lowest BCUT2D eigenvalue weighted by Gasteiger charge is -2.10. The molecule has 1 aromatic heterocycles. The smallest absolute Gasteiger partial charge is 0.182 e. The molecule has 0 aliphatic rings. The van der Waals surface area contributed by atoms with E-state index in [0.29, 0.717) is 16.3 Å². The van der Waals surface area contributed by atoms with E-state index in [0.717, 1.165) is 20.3 Å². The Morgan fingerprint density at radius 2 is 1.81 bits per heavy atom. The van der Waals surface area contributed by atoms with Crippen molar-refractivity contribution in [2.75, 3.05) is 14.2 Å². The monoisotopic (exact) mass is 412 g/mol. The number of methoxy groups -OCH3 is 2.